The Hall–Kier alpha value is -0.870. The quantitative estimate of drug-likeness (QED) is 0.689. The summed E-state index contributed by atoms with van der Waals surface area (Å²) in [4.78, 5) is 11.0. The maximum absolute atomic E-state index is 11.0. The van der Waals surface area contributed by atoms with Crippen LogP contribution < -0.4 is 5.56 Å². The van der Waals surface area contributed by atoms with Crippen LogP contribution in [-0.4, -0.2) is 23.5 Å². The van der Waals surface area contributed by atoms with Gasteiger partial charge in [0.05, 0.1) is 13.2 Å². The molecule has 0 radical (unpaired) electrons. The molecule has 0 bridgehead atoms. The fourth-order valence-electron chi connectivity index (χ4n) is 0.733. The molecule has 0 spiro atoms. The number of nitrogens with zero attached hydrogens (tertiary/aromatic N) is 2. The second-order valence-corrected chi connectivity index (χ2v) is 2.08. The highest BCUT2D eigenvalue weighted by molar-refractivity contribution is 5.85. The van der Waals surface area contributed by atoms with Gasteiger partial charge in [0, 0.05) is 19.4 Å². The first-order valence-corrected chi connectivity index (χ1v) is 3.35. The van der Waals surface area contributed by atoms with Gasteiger partial charge in [-0.1, -0.05) is 0 Å². The molecule has 0 saturated heterocycles. The summed E-state index contributed by atoms with van der Waals surface area (Å²) in [5.41, 5.74) is -0.0930. The van der Waals surface area contributed by atoms with Gasteiger partial charge in [0.25, 0.3) is 5.56 Å². The molecule has 68 valence electrons. The molecule has 4 nitrogen and oxygen atoms in total. The molecule has 1 rings (SSSR count). The van der Waals surface area contributed by atoms with E-state index in [9.17, 15) is 4.79 Å². The third-order valence-electron chi connectivity index (χ3n) is 1.29. The normalized spacial score (nSPS) is 9.08. The fraction of sp³-hybridized carbons (Fsp3) is 0.429. The van der Waals surface area contributed by atoms with Crippen LogP contribution >= 0.6 is 12.4 Å². The first kappa shape index (κ1) is 11.1. The number of hydrogen-bond acceptors (Lipinski definition) is 3. The van der Waals surface area contributed by atoms with E-state index < -0.39 is 0 Å². The second kappa shape index (κ2) is 5.74. The van der Waals surface area contributed by atoms with E-state index >= 15 is 0 Å². The smallest absolute Gasteiger partial charge is 0.266 e. The minimum absolute atomic E-state index is 0. The Morgan fingerprint density at radius 1 is 1.67 bits per heavy atom. The van der Waals surface area contributed by atoms with Gasteiger partial charge < -0.3 is 4.74 Å². The van der Waals surface area contributed by atoms with E-state index in [4.69, 9.17) is 4.74 Å². The van der Waals surface area contributed by atoms with Crippen molar-refractivity contribution in [3.05, 3.63) is 28.7 Å². The van der Waals surface area contributed by atoms with E-state index in [1.807, 2.05) is 0 Å². The van der Waals surface area contributed by atoms with Gasteiger partial charge in [-0.05, 0) is 6.07 Å². The zero-order chi connectivity index (χ0) is 8.10. The van der Waals surface area contributed by atoms with Crippen molar-refractivity contribution < 1.29 is 4.74 Å². The predicted octanol–water partition coefficient (Wildman–Crippen LogP) is 0.311. The van der Waals surface area contributed by atoms with Crippen molar-refractivity contribution in [1.29, 1.82) is 0 Å². The van der Waals surface area contributed by atoms with Gasteiger partial charge in [0.1, 0.15) is 0 Å². The minimum Gasteiger partial charge on any atom is -0.383 e. The molecule has 12 heavy (non-hydrogen) atoms. The summed E-state index contributed by atoms with van der Waals surface area (Å²) < 4.78 is 6.17. The standard InChI is InChI=1S/C7H10N2O2.ClH/c1-11-6-5-9-7(10)3-2-4-8-9;/h2-4H,5-6H2,1H3;1H. The molecule has 0 saturated carbocycles. The maximum Gasteiger partial charge on any atom is 0.266 e. The molecule has 0 aliphatic rings. The van der Waals surface area contributed by atoms with Crippen LogP contribution in [0.4, 0.5) is 0 Å². The largest absolute Gasteiger partial charge is 0.383 e. The van der Waals surface area contributed by atoms with Crippen molar-refractivity contribution in [2.75, 3.05) is 13.7 Å². The average molecular weight is 191 g/mol. The summed E-state index contributed by atoms with van der Waals surface area (Å²) in [7, 11) is 1.59. The van der Waals surface area contributed by atoms with Crippen LogP contribution in [0.2, 0.25) is 0 Å². The van der Waals surface area contributed by atoms with Crippen LogP contribution in [0, 0.1) is 0 Å². The van der Waals surface area contributed by atoms with Crippen LogP contribution in [0.1, 0.15) is 0 Å². The van der Waals surface area contributed by atoms with Crippen LogP contribution in [0.5, 0.6) is 0 Å². The maximum atomic E-state index is 11.0. The highest BCUT2D eigenvalue weighted by Crippen LogP contribution is 1.76. The van der Waals surface area contributed by atoms with Crippen molar-refractivity contribution in [2.45, 2.75) is 6.54 Å². The first-order valence-electron chi connectivity index (χ1n) is 3.35. The van der Waals surface area contributed by atoms with Gasteiger partial charge in [0.15, 0.2) is 0 Å². The molecule has 1 aromatic rings. The number of ether oxygens (including phenoxy) is 1. The number of halogens is 1. The summed E-state index contributed by atoms with van der Waals surface area (Å²) in [5, 5.41) is 3.84. The molecular formula is C7H11ClN2O2. The number of hydrogen-bond donors (Lipinski definition) is 0. The van der Waals surface area contributed by atoms with Crippen LogP contribution in [0.3, 0.4) is 0 Å². The molecule has 0 amide bonds. The molecule has 0 fully saturated rings. The molecule has 1 aromatic heterocycles. The minimum atomic E-state index is -0.0930. The van der Waals surface area contributed by atoms with Gasteiger partial charge in [-0.3, -0.25) is 4.79 Å². The molecule has 0 aliphatic carbocycles. The van der Waals surface area contributed by atoms with E-state index in [1.165, 1.54) is 10.7 Å². The van der Waals surface area contributed by atoms with E-state index in [-0.39, 0.29) is 18.0 Å². The molecule has 0 N–H and O–H groups in total. The lowest BCUT2D eigenvalue weighted by atomic mass is 10.5. The lowest BCUT2D eigenvalue weighted by molar-refractivity contribution is 0.182. The number of aromatic nitrogens is 2. The van der Waals surface area contributed by atoms with Crippen LogP contribution in [-0.2, 0) is 11.3 Å². The highest BCUT2D eigenvalue weighted by Gasteiger charge is 1.92. The van der Waals surface area contributed by atoms with Crippen LogP contribution in [0.25, 0.3) is 0 Å². The molecular weight excluding hydrogens is 180 g/mol. The zero-order valence-electron chi connectivity index (χ0n) is 6.77. The van der Waals surface area contributed by atoms with Crippen molar-refractivity contribution in [3.8, 4) is 0 Å². The van der Waals surface area contributed by atoms with E-state index in [0.717, 1.165) is 0 Å². The Balaban J connectivity index is 0.00000121. The summed E-state index contributed by atoms with van der Waals surface area (Å²) >= 11 is 0. The second-order valence-electron chi connectivity index (χ2n) is 2.08. The first-order chi connectivity index (χ1) is 5.34. The Labute approximate surface area is 76.6 Å². The van der Waals surface area contributed by atoms with Gasteiger partial charge in [-0.25, -0.2) is 4.68 Å². The predicted molar refractivity (Wildman–Crippen MR) is 47.6 cm³/mol. The number of rotatable bonds is 3. The van der Waals surface area contributed by atoms with Gasteiger partial charge >= 0.3 is 0 Å². The molecule has 0 aliphatic heterocycles. The lowest BCUT2D eigenvalue weighted by Gasteiger charge is -2.00. The Morgan fingerprint density at radius 2 is 2.42 bits per heavy atom. The van der Waals surface area contributed by atoms with Crippen molar-refractivity contribution in [3.63, 3.8) is 0 Å². The Morgan fingerprint density at radius 3 is 3.00 bits per heavy atom. The lowest BCUT2D eigenvalue weighted by Crippen LogP contribution is -2.23. The van der Waals surface area contributed by atoms with E-state index in [1.54, 1.807) is 19.4 Å². The molecule has 0 atom stereocenters. The third kappa shape index (κ3) is 3.02. The van der Waals surface area contributed by atoms with Crippen molar-refractivity contribution in [1.82, 2.24) is 9.78 Å². The molecule has 0 aromatic carbocycles. The van der Waals surface area contributed by atoms with Crippen molar-refractivity contribution in [2.24, 2.45) is 0 Å². The zero-order valence-corrected chi connectivity index (χ0v) is 7.58. The summed E-state index contributed by atoms with van der Waals surface area (Å²) in [5.74, 6) is 0. The topological polar surface area (TPSA) is 44.1 Å². The highest BCUT2D eigenvalue weighted by atomic mass is 35.5. The Kier molecular flexibility index (Phi) is 5.32. The fourth-order valence-corrected chi connectivity index (χ4v) is 0.733. The summed E-state index contributed by atoms with van der Waals surface area (Å²) in [6, 6.07) is 3.09. The summed E-state index contributed by atoms with van der Waals surface area (Å²) in [6.07, 6.45) is 1.58. The monoisotopic (exact) mass is 190 g/mol. The molecule has 0 unspecified atom stereocenters. The Bertz CT molecular complexity index is 274. The van der Waals surface area contributed by atoms with Gasteiger partial charge in [-0.15, -0.1) is 12.4 Å². The number of methoxy groups -OCH3 is 1. The van der Waals surface area contributed by atoms with Crippen molar-refractivity contribution >= 4 is 12.4 Å². The van der Waals surface area contributed by atoms with E-state index in [0.29, 0.717) is 13.2 Å². The third-order valence-corrected chi connectivity index (χ3v) is 1.29. The molecule has 5 heteroatoms. The van der Waals surface area contributed by atoms with Gasteiger partial charge in [0.2, 0.25) is 0 Å². The summed E-state index contributed by atoms with van der Waals surface area (Å²) in [6.45, 7) is 1.02. The van der Waals surface area contributed by atoms with E-state index in [2.05, 4.69) is 5.10 Å². The SMILES string of the molecule is COCCn1ncccc1=O.Cl. The van der Waals surface area contributed by atoms with Gasteiger partial charge in [-0.2, -0.15) is 5.10 Å². The van der Waals surface area contributed by atoms with Crippen LogP contribution in [0.15, 0.2) is 23.1 Å². The average Bonchev–Trinajstić information content (AvgIpc) is 2.03. The molecule has 1 heterocycles.